The maximum atomic E-state index is 12.9. The van der Waals surface area contributed by atoms with E-state index in [1.807, 2.05) is 49.4 Å². The van der Waals surface area contributed by atoms with Gasteiger partial charge in [-0.15, -0.1) is 0 Å². The fourth-order valence-electron chi connectivity index (χ4n) is 4.29. The molecular formula is C27H24N2O3. The number of aryl methyl sites for hydroxylation is 2. The first-order valence-corrected chi connectivity index (χ1v) is 11.0. The second kappa shape index (κ2) is 8.42. The second-order valence-electron chi connectivity index (χ2n) is 8.27. The summed E-state index contributed by atoms with van der Waals surface area (Å²) in [6.07, 6.45) is 3.86. The van der Waals surface area contributed by atoms with Gasteiger partial charge < -0.3 is 4.74 Å². The van der Waals surface area contributed by atoms with Crippen molar-refractivity contribution in [3.05, 3.63) is 94.0 Å². The summed E-state index contributed by atoms with van der Waals surface area (Å²) < 4.78 is 7.63. The quantitative estimate of drug-likeness (QED) is 0.330. The van der Waals surface area contributed by atoms with Crippen molar-refractivity contribution < 1.29 is 9.53 Å². The van der Waals surface area contributed by atoms with Crippen LogP contribution in [0.15, 0.2) is 71.5 Å². The van der Waals surface area contributed by atoms with Crippen molar-refractivity contribution in [2.45, 2.75) is 39.2 Å². The zero-order valence-corrected chi connectivity index (χ0v) is 18.0. The van der Waals surface area contributed by atoms with E-state index >= 15 is 0 Å². The number of carbonyl (C=O) groups excluding carboxylic acids is 1. The number of rotatable bonds is 3. The molecular weight excluding hydrogens is 400 g/mol. The molecule has 5 rings (SSSR count). The molecule has 0 saturated heterocycles. The lowest BCUT2D eigenvalue weighted by molar-refractivity contribution is 0.0736. The maximum Gasteiger partial charge on any atom is 0.343 e. The predicted octanol–water partition coefficient (Wildman–Crippen LogP) is 5.32. The Morgan fingerprint density at radius 3 is 2.62 bits per heavy atom. The molecule has 0 N–H and O–H groups in total. The van der Waals surface area contributed by atoms with Crippen LogP contribution in [0.3, 0.4) is 0 Å². The lowest BCUT2D eigenvalue weighted by atomic mass is 10.0. The molecule has 0 bridgehead atoms. The molecule has 0 radical (unpaired) electrons. The van der Waals surface area contributed by atoms with Crippen molar-refractivity contribution in [3.8, 4) is 17.0 Å². The van der Waals surface area contributed by atoms with E-state index in [0.717, 1.165) is 47.8 Å². The minimum atomic E-state index is -0.437. The Bertz CT molecular complexity index is 1370. The molecule has 0 aliphatic carbocycles. The molecule has 0 spiro atoms. The number of carbonyl (C=O) groups is 1. The topological polar surface area (TPSA) is 61.2 Å². The summed E-state index contributed by atoms with van der Waals surface area (Å²) in [5.41, 5.74) is 2.71. The number of hydrogen-bond donors (Lipinski definition) is 0. The summed E-state index contributed by atoms with van der Waals surface area (Å²) in [5, 5.41) is 1.89. The molecule has 3 aromatic carbocycles. The Labute approximate surface area is 186 Å². The molecule has 2 heterocycles. The molecule has 1 aliphatic heterocycles. The summed E-state index contributed by atoms with van der Waals surface area (Å²) in [6, 6.07) is 20.4. The van der Waals surface area contributed by atoms with Crippen LogP contribution in [0.2, 0.25) is 0 Å². The zero-order valence-electron chi connectivity index (χ0n) is 18.0. The Kier molecular flexibility index (Phi) is 5.31. The molecule has 160 valence electrons. The van der Waals surface area contributed by atoms with E-state index in [0.29, 0.717) is 29.1 Å². The van der Waals surface area contributed by atoms with E-state index in [1.54, 1.807) is 28.8 Å². The lowest BCUT2D eigenvalue weighted by Crippen LogP contribution is -2.24. The average Bonchev–Trinajstić information content (AvgIpc) is 3.05. The third-order valence-electron chi connectivity index (χ3n) is 6.01. The molecule has 32 heavy (non-hydrogen) atoms. The van der Waals surface area contributed by atoms with Crippen molar-refractivity contribution in [3.63, 3.8) is 0 Å². The molecule has 1 aromatic heterocycles. The summed E-state index contributed by atoms with van der Waals surface area (Å²) in [6.45, 7) is 2.67. The highest BCUT2D eigenvalue weighted by molar-refractivity contribution is 6.01. The molecule has 5 heteroatoms. The Morgan fingerprint density at radius 1 is 0.969 bits per heavy atom. The van der Waals surface area contributed by atoms with E-state index in [-0.39, 0.29) is 5.56 Å². The van der Waals surface area contributed by atoms with Crippen LogP contribution in [-0.4, -0.2) is 15.5 Å². The van der Waals surface area contributed by atoms with Gasteiger partial charge in [-0.3, -0.25) is 9.36 Å². The summed E-state index contributed by atoms with van der Waals surface area (Å²) in [7, 11) is 0. The van der Waals surface area contributed by atoms with Crippen LogP contribution in [0.25, 0.3) is 22.0 Å². The van der Waals surface area contributed by atoms with Crippen molar-refractivity contribution in [2.75, 3.05) is 0 Å². The van der Waals surface area contributed by atoms with Gasteiger partial charge in [-0.1, -0.05) is 54.4 Å². The van der Waals surface area contributed by atoms with Gasteiger partial charge in [-0.25, -0.2) is 9.78 Å². The number of hydrogen-bond acceptors (Lipinski definition) is 4. The van der Waals surface area contributed by atoms with E-state index in [1.165, 1.54) is 0 Å². The number of ether oxygens (including phenoxy) is 1. The molecule has 1 aliphatic rings. The number of nitrogens with zero attached hydrogens (tertiary/aromatic N) is 2. The van der Waals surface area contributed by atoms with Gasteiger partial charge in [0.25, 0.3) is 5.56 Å². The third-order valence-corrected chi connectivity index (χ3v) is 6.01. The van der Waals surface area contributed by atoms with Crippen molar-refractivity contribution in [1.29, 1.82) is 0 Å². The first-order valence-electron chi connectivity index (χ1n) is 11.0. The molecule has 5 nitrogen and oxygen atoms in total. The van der Waals surface area contributed by atoms with E-state index in [9.17, 15) is 9.59 Å². The molecule has 4 aromatic rings. The summed E-state index contributed by atoms with van der Waals surface area (Å²) in [4.78, 5) is 30.7. The highest BCUT2D eigenvalue weighted by Crippen LogP contribution is 2.36. The van der Waals surface area contributed by atoms with E-state index in [2.05, 4.69) is 0 Å². The fourth-order valence-corrected chi connectivity index (χ4v) is 4.29. The zero-order chi connectivity index (χ0) is 22.1. The molecule has 0 fully saturated rings. The SMILES string of the molecule is Cc1ccc(C(=O)Oc2ccc3ccccc3c2-c2cc(=O)n3c(n2)CCCCC3)cc1. The minimum absolute atomic E-state index is 0.0596. The Hall–Kier alpha value is -3.73. The molecule has 0 saturated carbocycles. The first-order chi connectivity index (χ1) is 15.6. The highest BCUT2D eigenvalue weighted by Gasteiger charge is 2.20. The monoisotopic (exact) mass is 424 g/mol. The van der Waals surface area contributed by atoms with E-state index < -0.39 is 5.97 Å². The number of aromatic nitrogens is 2. The summed E-state index contributed by atoms with van der Waals surface area (Å²) in [5.74, 6) is 0.765. The molecule has 0 atom stereocenters. The third kappa shape index (κ3) is 3.82. The van der Waals surface area contributed by atoms with Gasteiger partial charge in [-0.2, -0.15) is 0 Å². The van der Waals surface area contributed by atoms with Gasteiger partial charge in [0.15, 0.2) is 0 Å². The highest BCUT2D eigenvalue weighted by atomic mass is 16.5. The first kappa shape index (κ1) is 20.2. The van der Waals surface area contributed by atoms with Crippen LogP contribution in [0.4, 0.5) is 0 Å². The maximum absolute atomic E-state index is 12.9. The largest absolute Gasteiger partial charge is 0.422 e. The Morgan fingerprint density at radius 2 is 1.78 bits per heavy atom. The van der Waals surface area contributed by atoms with Crippen molar-refractivity contribution in [1.82, 2.24) is 9.55 Å². The van der Waals surface area contributed by atoms with Gasteiger partial charge in [0, 0.05) is 19.0 Å². The summed E-state index contributed by atoms with van der Waals surface area (Å²) >= 11 is 0. The molecule has 0 amide bonds. The van der Waals surface area contributed by atoms with Crippen molar-refractivity contribution in [2.24, 2.45) is 0 Å². The van der Waals surface area contributed by atoms with Gasteiger partial charge in [-0.05, 0) is 48.7 Å². The second-order valence-corrected chi connectivity index (χ2v) is 8.27. The van der Waals surface area contributed by atoms with Gasteiger partial charge in [0.2, 0.25) is 0 Å². The van der Waals surface area contributed by atoms with Gasteiger partial charge in [0.1, 0.15) is 11.6 Å². The minimum Gasteiger partial charge on any atom is -0.422 e. The Balaban J connectivity index is 1.65. The van der Waals surface area contributed by atoms with Crippen LogP contribution < -0.4 is 10.3 Å². The van der Waals surface area contributed by atoms with Crippen LogP contribution in [-0.2, 0) is 13.0 Å². The normalized spacial score (nSPS) is 13.4. The average molecular weight is 425 g/mol. The van der Waals surface area contributed by atoms with Crippen LogP contribution in [0.1, 0.15) is 41.0 Å². The van der Waals surface area contributed by atoms with Crippen LogP contribution >= 0.6 is 0 Å². The predicted molar refractivity (Wildman–Crippen MR) is 125 cm³/mol. The molecule has 0 unspecified atom stereocenters. The standard InChI is InChI=1S/C27H24N2O3/c1-18-10-12-20(13-11-18)27(31)32-23-15-14-19-7-4-5-8-21(19)26(23)22-17-25(30)29-16-6-2-3-9-24(29)28-22/h4-5,7-8,10-15,17H,2-3,6,9,16H2,1H3. The van der Waals surface area contributed by atoms with Gasteiger partial charge in [0.05, 0.1) is 16.8 Å². The lowest BCUT2D eigenvalue weighted by Gasteiger charge is -2.15. The van der Waals surface area contributed by atoms with Gasteiger partial charge >= 0.3 is 5.97 Å². The van der Waals surface area contributed by atoms with Crippen LogP contribution in [0, 0.1) is 6.92 Å². The smallest absolute Gasteiger partial charge is 0.343 e. The van der Waals surface area contributed by atoms with Crippen molar-refractivity contribution >= 4 is 16.7 Å². The number of fused-ring (bicyclic) bond motifs is 2. The number of esters is 1. The van der Waals surface area contributed by atoms with Crippen LogP contribution in [0.5, 0.6) is 5.75 Å². The number of benzene rings is 3. The van der Waals surface area contributed by atoms with E-state index in [4.69, 9.17) is 9.72 Å². The fraction of sp³-hybridized carbons (Fsp3) is 0.222.